The molecule has 1 amide bonds. The van der Waals surface area contributed by atoms with Gasteiger partial charge in [-0.25, -0.2) is 0 Å². The van der Waals surface area contributed by atoms with E-state index in [9.17, 15) is 14.9 Å². The van der Waals surface area contributed by atoms with Crippen molar-refractivity contribution < 1.29 is 19.0 Å². The van der Waals surface area contributed by atoms with Gasteiger partial charge in [-0.15, -0.1) is 0 Å². The molecule has 0 saturated heterocycles. The molecule has 2 aromatic carbocycles. The number of nitrogens with one attached hydrogen (secondary N) is 1. The molecule has 0 saturated carbocycles. The van der Waals surface area contributed by atoms with Crippen LogP contribution in [0.3, 0.4) is 0 Å². The van der Waals surface area contributed by atoms with Crippen LogP contribution in [-0.2, 0) is 6.61 Å². The fourth-order valence-electron chi connectivity index (χ4n) is 2.39. The van der Waals surface area contributed by atoms with E-state index in [-0.39, 0.29) is 28.7 Å². The number of anilines is 1. The molecule has 1 N–H and O–H groups in total. The monoisotopic (exact) mass is 421 g/mol. The summed E-state index contributed by atoms with van der Waals surface area (Å²) in [6.45, 7) is 1.60. The molecule has 1 aromatic heterocycles. The van der Waals surface area contributed by atoms with Crippen molar-refractivity contribution in [2.45, 2.75) is 13.5 Å². The summed E-state index contributed by atoms with van der Waals surface area (Å²) in [5.41, 5.74) is -0.00389. The van der Waals surface area contributed by atoms with Crippen molar-refractivity contribution in [2.75, 3.05) is 5.32 Å². The van der Waals surface area contributed by atoms with Crippen molar-refractivity contribution in [1.82, 2.24) is 5.16 Å². The molecular weight excluding hydrogens is 409 g/mol. The van der Waals surface area contributed by atoms with Crippen LogP contribution in [0.25, 0.3) is 0 Å². The number of rotatable bonds is 6. The van der Waals surface area contributed by atoms with E-state index in [1.807, 2.05) is 0 Å². The number of hydrogen-bond donors (Lipinski definition) is 1. The first-order chi connectivity index (χ1) is 13.4. The highest BCUT2D eigenvalue weighted by Crippen LogP contribution is 2.29. The molecule has 3 rings (SSSR count). The minimum absolute atomic E-state index is 0.0157. The van der Waals surface area contributed by atoms with Crippen LogP contribution in [0.15, 0.2) is 47.0 Å². The van der Waals surface area contributed by atoms with Gasteiger partial charge in [0.05, 0.1) is 15.5 Å². The predicted molar refractivity (Wildman–Crippen MR) is 103 cm³/mol. The first kappa shape index (κ1) is 19.7. The third-order valence-corrected chi connectivity index (χ3v) is 4.36. The number of nitrogens with zero attached hydrogens (tertiary/aromatic N) is 2. The molecule has 28 heavy (non-hydrogen) atoms. The van der Waals surface area contributed by atoms with Crippen LogP contribution >= 0.6 is 23.2 Å². The van der Waals surface area contributed by atoms with Crippen molar-refractivity contribution >= 4 is 40.5 Å². The minimum Gasteiger partial charge on any atom is -0.487 e. The van der Waals surface area contributed by atoms with E-state index in [4.69, 9.17) is 32.5 Å². The van der Waals surface area contributed by atoms with Crippen LogP contribution in [0.1, 0.15) is 21.8 Å². The standard InChI is InChI=1S/C18H13Cl2N3O5/c1-10-12(9-27-16-5-3-2-4-13(16)20)17(22-28-10)18(24)21-14-7-6-11(19)8-15(14)23(25)26/h2-8H,9H2,1H3,(H,21,24). The van der Waals surface area contributed by atoms with Crippen molar-refractivity contribution in [1.29, 1.82) is 0 Å². The highest BCUT2D eigenvalue weighted by atomic mass is 35.5. The number of ether oxygens (including phenoxy) is 1. The number of nitro groups is 1. The predicted octanol–water partition coefficient (Wildman–Crippen LogP) is 5.03. The van der Waals surface area contributed by atoms with Gasteiger partial charge in [0.25, 0.3) is 11.6 Å². The summed E-state index contributed by atoms with van der Waals surface area (Å²) in [6, 6.07) is 10.8. The molecule has 10 heteroatoms. The van der Waals surface area contributed by atoms with E-state index in [0.29, 0.717) is 22.1 Å². The van der Waals surface area contributed by atoms with Gasteiger partial charge in [-0.05, 0) is 31.2 Å². The van der Waals surface area contributed by atoms with Crippen LogP contribution < -0.4 is 10.1 Å². The van der Waals surface area contributed by atoms with E-state index in [1.165, 1.54) is 12.1 Å². The van der Waals surface area contributed by atoms with E-state index in [0.717, 1.165) is 6.07 Å². The third kappa shape index (κ3) is 4.24. The van der Waals surface area contributed by atoms with Crippen molar-refractivity contribution in [2.24, 2.45) is 0 Å². The number of hydrogen-bond acceptors (Lipinski definition) is 6. The third-order valence-electron chi connectivity index (χ3n) is 3.81. The second-order valence-electron chi connectivity index (χ2n) is 5.66. The number of carbonyl (C=O) groups is 1. The summed E-state index contributed by atoms with van der Waals surface area (Å²) in [5, 5.41) is 18.0. The van der Waals surface area contributed by atoms with Crippen LogP contribution in [-0.4, -0.2) is 16.0 Å². The zero-order valence-electron chi connectivity index (χ0n) is 14.4. The molecule has 0 fully saturated rings. The maximum absolute atomic E-state index is 12.6. The Morgan fingerprint density at radius 1 is 1.29 bits per heavy atom. The topological polar surface area (TPSA) is 108 Å². The van der Waals surface area contributed by atoms with Gasteiger partial charge in [0, 0.05) is 11.1 Å². The Labute approximate surface area is 169 Å². The highest BCUT2D eigenvalue weighted by Gasteiger charge is 2.23. The lowest BCUT2D eigenvalue weighted by atomic mass is 10.2. The van der Waals surface area contributed by atoms with Crippen molar-refractivity contribution in [3.8, 4) is 5.75 Å². The van der Waals surface area contributed by atoms with E-state index in [1.54, 1.807) is 31.2 Å². The molecular formula is C18H13Cl2N3O5. The van der Waals surface area contributed by atoms with E-state index < -0.39 is 10.8 Å². The molecule has 0 aliphatic rings. The summed E-state index contributed by atoms with van der Waals surface area (Å²) >= 11 is 11.8. The summed E-state index contributed by atoms with van der Waals surface area (Å²) < 4.78 is 10.7. The summed E-state index contributed by atoms with van der Waals surface area (Å²) in [5.74, 6) is 0.132. The Hall–Kier alpha value is -3.10. The highest BCUT2D eigenvalue weighted by molar-refractivity contribution is 6.32. The zero-order chi connectivity index (χ0) is 20.3. The molecule has 0 aliphatic carbocycles. The van der Waals surface area contributed by atoms with Gasteiger partial charge >= 0.3 is 0 Å². The molecule has 0 aliphatic heterocycles. The first-order valence-electron chi connectivity index (χ1n) is 7.94. The number of benzene rings is 2. The number of amides is 1. The average molecular weight is 422 g/mol. The van der Waals surface area contributed by atoms with E-state index in [2.05, 4.69) is 10.5 Å². The Kier molecular flexibility index (Phi) is 5.81. The van der Waals surface area contributed by atoms with Gasteiger partial charge in [0.1, 0.15) is 23.8 Å². The van der Waals surface area contributed by atoms with E-state index >= 15 is 0 Å². The van der Waals surface area contributed by atoms with Gasteiger partial charge in [-0.2, -0.15) is 0 Å². The summed E-state index contributed by atoms with van der Waals surface area (Å²) in [7, 11) is 0. The molecule has 0 unspecified atom stereocenters. The Bertz CT molecular complexity index is 1050. The first-order valence-corrected chi connectivity index (χ1v) is 8.70. The molecule has 144 valence electrons. The summed E-state index contributed by atoms with van der Waals surface area (Å²) in [6.07, 6.45) is 0. The number of nitro benzene ring substituents is 1. The lowest BCUT2D eigenvalue weighted by molar-refractivity contribution is -0.383. The molecule has 8 nitrogen and oxygen atoms in total. The number of aromatic nitrogens is 1. The second-order valence-corrected chi connectivity index (χ2v) is 6.50. The van der Waals surface area contributed by atoms with Gasteiger partial charge in [-0.3, -0.25) is 14.9 Å². The largest absolute Gasteiger partial charge is 0.487 e. The molecule has 0 radical (unpaired) electrons. The fourth-order valence-corrected chi connectivity index (χ4v) is 2.75. The minimum atomic E-state index is -0.681. The molecule has 0 atom stereocenters. The number of para-hydroxylation sites is 1. The number of carbonyl (C=O) groups excluding carboxylic acids is 1. The zero-order valence-corrected chi connectivity index (χ0v) is 16.0. The molecule has 0 spiro atoms. The second kappa shape index (κ2) is 8.28. The number of halogens is 2. The van der Waals surface area contributed by atoms with Gasteiger partial charge < -0.3 is 14.6 Å². The van der Waals surface area contributed by atoms with Crippen LogP contribution in [0.4, 0.5) is 11.4 Å². The lowest BCUT2D eigenvalue weighted by Crippen LogP contribution is -2.16. The Morgan fingerprint density at radius 2 is 2.04 bits per heavy atom. The van der Waals surface area contributed by atoms with Gasteiger partial charge in [0.2, 0.25) is 0 Å². The maximum atomic E-state index is 12.6. The smallest absolute Gasteiger partial charge is 0.294 e. The van der Waals surface area contributed by atoms with Crippen molar-refractivity contribution in [3.63, 3.8) is 0 Å². The Balaban J connectivity index is 1.82. The Morgan fingerprint density at radius 3 is 2.75 bits per heavy atom. The van der Waals surface area contributed by atoms with Gasteiger partial charge in [-0.1, -0.05) is 40.5 Å². The number of aryl methyl sites for hydroxylation is 1. The van der Waals surface area contributed by atoms with Crippen LogP contribution in [0, 0.1) is 17.0 Å². The van der Waals surface area contributed by atoms with Gasteiger partial charge in [0.15, 0.2) is 5.69 Å². The fraction of sp³-hybridized carbons (Fsp3) is 0.111. The summed E-state index contributed by atoms with van der Waals surface area (Å²) in [4.78, 5) is 23.2. The average Bonchev–Trinajstić information content (AvgIpc) is 3.03. The maximum Gasteiger partial charge on any atom is 0.294 e. The lowest BCUT2D eigenvalue weighted by Gasteiger charge is -2.09. The molecule has 1 heterocycles. The van der Waals surface area contributed by atoms with Crippen LogP contribution in [0.5, 0.6) is 5.75 Å². The SMILES string of the molecule is Cc1onc(C(=O)Nc2ccc(Cl)cc2[N+](=O)[O-])c1COc1ccccc1Cl. The molecule has 0 bridgehead atoms. The van der Waals surface area contributed by atoms with Crippen molar-refractivity contribution in [3.05, 3.63) is 79.6 Å². The normalized spacial score (nSPS) is 10.5. The quantitative estimate of drug-likeness (QED) is 0.441. The molecule has 3 aromatic rings. The van der Waals surface area contributed by atoms with Crippen LogP contribution in [0.2, 0.25) is 10.0 Å².